The van der Waals surface area contributed by atoms with Gasteiger partial charge < -0.3 is 14.4 Å². The van der Waals surface area contributed by atoms with Crippen LogP contribution in [0.25, 0.3) is 10.9 Å². The lowest BCUT2D eigenvalue weighted by Crippen LogP contribution is -2.50. The molecule has 0 radical (unpaired) electrons. The number of benzene rings is 1. The van der Waals surface area contributed by atoms with E-state index < -0.39 is 0 Å². The Hall–Kier alpha value is -2.18. The predicted molar refractivity (Wildman–Crippen MR) is 99.6 cm³/mol. The third-order valence-electron chi connectivity index (χ3n) is 5.26. The van der Waals surface area contributed by atoms with Gasteiger partial charge in [-0.25, -0.2) is 4.98 Å². The number of methoxy groups -OCH3 is 1. The standard InChI is InChI=1S/C20H25N3O3/c1-25-16-5-7-18-15(13-16)4-6-19(21-18)20(24)23-10-8-22(9-11-23)14-17-3-2-12-26-17/h4-7,13,17H,2-3,8-12,14H2,1H3. The van der Waals surface area contributed by atoms with Crippen molar-refractivity contribution in [3.05, 3.63) is 36.0 Å². The molecule has 2 aliphatic heterocycles. The summed E-state index contributed by atoms with van der Waals surface area (Å²) in [7, 11) is 1.64. The van der Waals surface area contributed by atoms with Crippen molar-refractivity contribution >= 4 is 16.8 Å². The molecule has 0 saturated carbocycles. The topological polar surface area (TPSA) is 54.9 Å². The van der Waals surface area contributed by atoms with Crippen molar-refractivity contribution in [1.29, 1.82) is 0 Å². The summed E-state index contributed by atoms with van der Waals surface area (Å²) in [6, 6.07) is 9.44. The first kappa shape index (κ1) is 17.2. The summed E-state index contributed by atoms with van der Waals surface area (Å²) in [6.07, 6.45) is 2.70. The molecule has 2 fully saturated rings. The minimum absolute atomic E-state index is 0.0134. The van der Waals surface area contributed by atoms with E-state index >= 15 is 0 Å². The smallest absolute Gasteiger partial charge is 0.272 e. The molecule has 1 amide bonds. The third-order valence-corrected chi connectivity index (χ3v) is 5.26. The van der Waals surface area contributed by atoms with Gasteiger partial charge in [-0.2, -0.15) is 0 Å². The first-order chi connectivity index (χ1) is 12.7. The zero-order chi connectivity index (χ0) is 17.9. The molecule has 2 aliphatic rings. The van der Waals surface area contributed by atoms with Gasteiger partial charge in [0.25, 0.3) is 5.91 Å². The Labute approximate surface area is 153 Å². The zero-order valence-electron chi connectivity index (χ0n) is 15.2. The van der Waals surface area contributed by atoms with Crippen LogP contribution in [-0.4, -0.2) is 73.2 Å². The summed E-state index contributed by atoms with van der Waals surface area (Å²) in [4.78, 5) is 21.7. The number of ether oxygens (including phenoxy) is 2. The van der Waals surface area contributed by atoms with Gasteiger partial charge in [0.05, 0.1) is 18.7 Å². The van der Waals surface area contributed by atoms with E-state index in [-0.39, 0.29) is 5.91 Å². The minimum atomic E-state index is 0.0134. The third kappa shape index (κ3) is 3.66. The van der Waals surface area contributed by atoms with Crippen molar-refractivity contribution in [1.82, 2.24) is 14.8 Å². The van der Waals surface area contributed by atoms with E-state index in [0.29, 0.717) is 11.8 Å². The second-order valence-corrected chi connectivity index (χ2v) is 6.98. The van der Waals surface area contributed by atoms with Crippen LogP contribution in [0.4, 0.5) is 0 Å². The Morgan fingerprint density at radius 3 is 2.81 bits per heavy atom. The molecule has 6 heteroatoms. The number of carbonyl (C=O) groups is 1. The lowest BCUT2D eigenvalue weighted by Gasteiger charge is -2.35. The summed E-state index contributed by atoms with van der Waals surface area (Å²) in [5.74, 6) is 0.806. The molecule has 3 heterocycles. The van der Waals surface area contributed by atoms with Crippen molar-refractivity contribution < 1.29 is 14.3 Å². The van der Waals surface area contributed by atoms with E-state index in [1.54, 1.807) is 7.11 Å². The summed E-state index contributed by atoms with van der Waals surface area (Å²) in [6.45, 7) is 5.16. The number of hydrogen-bond donors (Lipinski definition) is 0. The fraction of sp³-hybridized carbons (Fsp3) is 0.500. The summed E-state index contributed by atoms with van der Waals surface area (Å²) in [5.41, 5.74) is 1.32. The molecule has 6 nitrogen and oxygen atoms in total. The van der Waals surface area contributed by atoms with Gasteiger partial charge in [0, 0.05) is 44.7 Å². The lowest BCUT2D eigenvalue weighted by molar-refractivity contribution is 0.0430. The maximum Gasteiger partial charge on any atom is 0.272 e. The second-order valence-electron chi connectivity index (χ2n) is 6.98. The monoisotopic (exact) mass is 355 g/mol. The molecule has 26 heavy (non-hydrogen) atoms. The maximum atomic E-state index is 12.8. The van der Waals surface area contributed by atoms with Crippen molar-refractivity contribution in [3.8, 4) is 5.75 Å². The highest BCUT2D eigenvalue weighted by Crippen LogP contribution is 2.20. The number of hydrogen-bond acceptors (Lipinski definition) is 5. The van der Waals surface area contributed by atoms with Gasteiger partial charge in [0.15, 0.2) is 0 Å². The fourth-order valence-corrected chi connectivity index (χ4v) is 3.72. The number of nitrogens with zero attached hydrogens (tertiary/aromatic N) is 3. The molecule has 2 aromatic rings. The molecule has 0 spiro atoms. The maximum absolute atomic E-state index is 12.8. The number of rotatable bonds is 4. The highest BCUT2D eigenvalue weighted by Gasteiger charge is 2.26. The summed E-state index contributed by atoms with van der Waals surface area (Å²) < 4.78 is 11.0. The van der Waals surface area contributed by atoms with Gasteiger partial charge in [-0.05, 0) is 37.1 Å². The predicted octanol–water partition coefficient (Wildman–Crippen LogP) is 2.18. The van der Waals surface area contributed by atoms with E-state index in [4.69, 9.17) is 9.47 Å². The highest BCUT2D eigenvalue weighted by molar-refractivity contribution is 5.95. The van der Waals surface area contributed by atoms with Crippen molar-refractivity contribution in [2.24, 2.45) is 0 Å². The largest absolute Gasteiger partial charge is 0.497 e. The second kappa shape index (κ2) is 7.60. The summed E-state index contributed by atoms with van der Waals surface area (Å²) >= 11 is 0. The van der Waals surface area contributed by atoms with Crippen LogP contribution < -0.4 is 4.74 Å². The summed E-state index contributed by atoms with van der Waals surface area (Å²) in [5, 5.41) is 0.974. The minimum Gasteiger partial charge on any atom is -0.497 e. The van der Waals surface area contributed by atoms with Crippen molar-refractivity contribution in [2.75, 3.05) is 46.4 Å². The molecule has 0 N–H and O–H groups in total. The van der Waals surface area contributed by atoms with Gasteiger partial charge >= 0.3 is 0 Å². The van der Waals surface area contributed by atoms with Crippen LogP contribution >= 0.6 is 0 Å². The first-order valence-corrected chi connectivity index (χ1v) is 9.31. The Balaban J connectivity index is 1.39. The van der Waals surface area contributed by atoms with Gasteiger partial charge in [-0.15, -0.1) is 0 Å². The quantitative estimate of drug-likeness (QED) is 0.841. The average Bonchev–Trinajstić information content (AvgIpc) is 3.20. The molecular weight excluding hydrogens is 330 g/mol. The van der Waals surface area contributed by atoms with Gasteiger partial charge in [-0.1, -0.05) is 6.07 Å². The van der Waals surface area contributed by atoms with E-state index in [1.165, 1.54) is 6.42 Å². The molecule has 1 aromatic heterocycles. The van der Waals surface area contributed by atoms with Crippen LogP contribution in [0.5, 0.6) is 5.75 Å². The van der Waals surface area contributed by atoms with Gasteiger partial charge in [0.2, 0.25) is 0 Å². The van der Waals surface area contributed by atoms with Crippen LogP contribution in [0.3, 0.4) is 0 Å². The molecule has 1 atom stereocenters. The number of carbonyl (C=O) groups excluding carboxylic acids is 1. The van der Waals surface area contributed by atoms with Crippen LogP contribution in [0.15, 0.2) is 30.3 Å². The van der Waals surface area contributed by atoms with E-state index in [2.05, 4.69) is 9.88 Å². The molecule has 0 bridgehead atoms. The Kier molecular flexibility index (Phi) is 5.04. The number of pyridine rings is 1. The molecule has 0 aliphatic carbocycles. The van der Waals surface area contributed by atoms with Gasteiger partial charge in [-0.3, -0.25) is 9.69 Å². The Morgan fingerprint density at radius 1 is 1.23 bits per heavy atom. The van der Waals surface area contributed by atoms with Crippen LogP contribution in [-0.2, 0) is 4.74 Å². The molecule has 4 rings (SSSR count). The van der Waals surface area contributed by atoms with Crippen LogP contribution in [0.2, 0.25) is 0 Å². The molecule has 1 aromatic carbocycles. The molecule has 2 saturated heterocycles. The average molecular weight is 355 g/mol. The van der Waals surface area contributed by atoms with Crippen LogP contribution in [0, 0.1) is 0 Å². The fourth-order valence-electron chi connectivity index (χ4n) is 3.72. The number of piperazine rings is 1. The molecular formula is C20H25N3O3. The van der Waals surface area contributed by atoms with Crippen molar-refractivity contribution in [2.45, 2.75) is 18.9 Å². The SMILES string of the molecule is COc1ccc2nc(C(=O)N3CCN(CC4CCCO4)CC3)ccc2c1. The van der Waals surface area contributed by atoms with Crippen LogP contribution in [0.1, 0.15) is 23.3 Å². The normalized spacial score (nSPS) is 21.3. The molecule has 138 valence electrons. The lowest BCUT2D eigenvalue weighted by atomic mass is 10.1. The number of fused-ring (bicyclic) bond motifs is 1. The van der Waals surface area contributed by atoms with Gasteiger partial charge in [0.1, 0.15) is 11.4 Å². The Morgan fingerprint density at radius 2 is 2.08 bits per heavy atom. The van der Waals surface area contributed by atoms with Crippen molar-refractivity contribution in [3.63, 3.8) is 0 Å². The van der Waals surface area contributed by atoms with E-state index in [1.807, 2.05) is 35.2 Å². The van der Waals surface area contributed by atoms with E-state index in [0.717, 1.165) is 62.4 Å². The molecule has 1 unspecified atom stereocenters. The number of aromatic nitrogens is 1. The van der Waals surface area contributed by atoms with E-state index in [9.17, 15) is 4.79 Å². The number of amides is 1. The highest BCUT2D eigenvalue weighted by atomic mass is 16.5. The zero-order valence-corrected chi connectivity index (χ0v) is 15.2. The first-order valence-electron chi connectivity index (χ1n) is 9.31. The Bertz CT molecular complexity index is 781.